The van der Waals surface area contributed by atoms with Gasteiger partial charge in [0.2, 0.25) is 5.91 Å². The van der Waals surface area contributed by atoms with Crippen LogP contribution in [-0.2, 0) is 30.4 Å². The fraction of sp³-hybridized carbons (Fsp3) is 0.273. The smallest absolute Gasteiger partial charge is 0.349 e. The molecular formula is C22H22N2O7. The summed E-state index contributed by atoms with van der Waals surface area (Å²) in [4.78, 5) is 56.7. The summed E-state index contributed by atoms with van der Waals surface area (Å²) in [7, 11) is 1.06. The second-order valence-corrected chi connectivity index (χ2v) is 7.02. The number of aliphatic carboxylic acids is 1. The average Bonchev–Trinajstić information content (AvgIpc) is 2.78. The number of carbonyl (C=O) groups is 4. The zero-order chi connectivity index (χ0) is 22.4. The number of nitrogens with zero attached hydrogens (tertiary/aromatic N) is 1. The number of hydrogen-bond acceptors (Lipinski definition) is 6. The van der Waals surface area contributed by atoms with Crippen LogP contribution in [-0.4, -0.2) is 46.5 Å². The lowest BCUT2D eigenvalue weighted by molar-refractivity contribution is -0.191. The van der Waals surface area contributed by atoms with Gasteiger partial charge in [0.25, 0.3) is 0 Å². The van der Waals surface area contributed by atoms with Gasteiger partial charge in [0, 0.05) is 6.42 Å². The first-order valence-corrected chi connectivity index (χ1v) is 9.58. The largest absolute Gasteiger partial charge is 0.481 e. The van der Waals surface area contributed by atoms with Crippen LogP contribution >= 0.6 is 0 Å². The van der Waals surface area contributed by atoms with E-state index < -0.39 is 41.9 Å². The maximum atomic E-state index is 13.2. The Morgan fingerprint density at radius 3 is 2.29 bits per heavy atom. The summed E-state index contributed by atoms with van der Waals surface area (Å²) in [6.07, 6.45) is -2.01. The lowest BCUT2D eigenvalue weighted by atomic mass is 9.81. The van der Waals surface area contributed by atoms with Crippen LogP contribution in [0.2, 0.25) is 0 Å². The molecule has 2 aromatic carbocycles. The fourth-order valence-electron chi connectivity index (χ4n) is 3.72. The first-order valence-electron chi connectivity index (χ1n) is 9.58. The molecule has 0 saturated carbocycles. The van der Waals surface area contributed by atoms with E-state index in [0.717, 1.165) is 12.7 Å². The van der Waals surface area contributed by atoms with Crippen molar-refractivity contribution in [1.82, 2.24) is 10.4 Å². The van der Waals surface area contributed by atoms with Crippen LogP contribution in [0.1, 0.15) is 30.1 Å². The average molecular weight is 426 g/mol. The Kier molecular flexibility index (Phi) is 6.66. The predicted octanol–water partition coefficient (Wildman–Crippen LogP) is 2.23. The summed E-state index contributed by atoms with van der Waals surface area (Å²) in [5, 5.41) is 9.60. The standard InChI is InChI=1S/C22H22N2O7/c1-30-20(28)22(14-18(26)27)19(16-10-6-3-7-11-16)31-23-21(29)24(22)17(25)13-12-15-8-4-2-5-9-15/h2-11,19H,12-14H2,1H3,(H,23,29)(H,26,27)/t19-,22?/m1/s1. The van der Waals surface area contributed by atoms with E-state index in [1.165, 1.54) is 0 Å². The number of hydroxylamine groups is 1. The van der Waals surface area contributed by atoms with Crippen LogP contribution in [0.3, 0.4) is 0 Å². The summed E-state index contributed by atoms with van der Waals surface area (Å²) in [5.41, 5.74) is 1.16. The highest BCUT2D eigenvalue weighted by molar-refractivity contribution is 6.03. The maximum absolute atomic E-state index is 13.2. The van der Waals surface area contributed by atoms with E-state index in [9.17, 15) is 24.3 Å². The number of methoxy groups -OCH3 is 1. The Balaban J connectivity index is 2.05. The third kappa shape index (κ3) is 4.41. The van der Waals surface area contributed by atoms with Crippen LogP contribution in [0.5, 0.6) is 0 Å². The van der Waals surface area contributed by atoms with Gasteiger partial charge < -0.3 is 9.84 Å². The molecule has 1 saturated heterocycles. The van der Waals surface area contributed by atoms with Gasteiger partial charge in [-0.15, -0.1) is 0 Å². The molecule has 3 rings (SSSR count). The molecule has 31 heavy (non-hydrogen) atoms. The molecule has 1 aliphatic heterocycles. The lowest BCUT2D eigenvalue weighted by Gasteiger charge is -2.46. The van der Waals surface area contributed by atoms with Crippen molar-refractivity contribution in [2.45, 2.75) is 30.9 Å². The molecule has 9 nitrogen and oxygen atoms in total. The number of amides is 3. The van der Waals surface area contributed by atoms with E-state index in [1.807, 2.05) is 30.3 Å². The van der Waals surface area contributed by atoms with Gasteiger partial charge in [-0.25, -0.2) is 20.0 Å². The Bertz CT molecular complexity index is 964. The Labute approximate surface area is 178 Å². The Morgan fingerprint density at radius 1 is 1.10 bits per heavy atom. The second kappa shape index (κ2) is 9.40. The number of urea groups is 1. The van der Waals surface area contributed by atoms with E-state index in [2.05, 4.69) is 5.48 Å². The van der Waals surface area contributed by atoms with Crippen molar-refractivity contribution < 1.29 is 33.9 Å². The summed E-state index contributed by atoms with van der Waals surface area (Å²) in [6, 6.07) is 16.4. The molecule has 9 heteroatoms. The number of nitrogens with one attached hydrogen (secondary N) is 1. The van der Waals surface area contributed by atoms with E-state index in [1.54, 1.807) is 30.3 Å². The van der Waals surface area contributed by atoms with E-state index in [-0.39, 0.29) is 6.42 Å². The topological polar surface area (TPSA) is 122 Å². The van der Waals surface area contributed by atoms with Crippen molar-refractivity contribution in [3.05, 3.63) is 71.8 Å². The van der Waals surface area contributed by atoms with Gasteiger partial charge in [-0.2, -0.15) is 0 Å². The van der Waals surface area contributed by atoms with Crippen LogP contribution < -0.4 is 5.48 Å². The molecule has 0 aliphatic carbocycles. The van der Waals surface area contributed by atoms with E-state index in [4.69, 9.17) is 9.57 Å². The number of ether oxygens (including phenoxy) is 1. The third-order valence-electron chi connectivity index (χ3n) is 5.08. The zero-order valence-electron chi connectivity index (χ0n) is 16.8. The highest BCUT2D eigenvalue weighted by Crippen LogP contribution is 2.41. The van der Waals surface area contributed by atoms with Crippen molar-refractivity contribution in [3.8, 4) is 0 Å². The molecule has 1 fully saturated rings. The number of aryl methyl sites for hydroxylation is 1. The summed E-state index contributed by atoms with van der Waals surface area (Å²) < 4.78 is 4.88. The molecule has 0 radical (unpaired) electrons. The van der Waals surface area contributed by atoms with Gasteiger partial charge in [-0.1, -0.05) is 60.7 Å². The highest BCUT2D eigenvalue weighted by Gasteiger charge is 2.61. The molecule has 1 aliphatic rings. The normalized spacial score (nSPS) is 20.6. The van der Waals surface area contributed by atoms with Crippen LogP contribution in [0.4, 0.5) is 4.79 Å². The van der Waals surface area contributed by atoms with Crippen LogP contribution in [0.15, 0.2) is 60.7 Å². The van der Waals surface area contributed by atoms with Gasteiger partial charge in [-0.05, 0) is 17.5 Å². The summed E-state index contributed by atoms with van der Waals surface area (Å²) in [6.45, 7) is 0. The van der Waals surface area contributed by atoms with Crippen LogP contribution in [0, 0.1) is 0 Å². The van der Waals surface area contributed by atoms with Crippen molar-refractivity contribution in [1.29, 1.82) is 0 Å². The monoisotopic (exact) mass is 426 g/mol. The van der Waals surface area contributed by atoms with Gasteiger partial charge >= 0.3 is 18.0 Å². The first-order chi connectivity index (χ1) is 14.9. The molecule has 1 heterocycles. The fourth-order valence-corrected chi connectivity index (χ4v) is 3.72. The van der Waals surface area contributed by atoms with E-state index in [0.29, 0.717) is 16.9 Å². The predicted molar refractivity (Wildman–Crippen MR) is 107 cm³/mol. The number of carbonyl (C=O) groups excluding carboxylic acids is 3. The quantitative estimate of drug-likeness (QED) is 0.651. The minimum absolute atomic E-state index is 0.128. The molecule has 3 amide bonds. The molecular weight excluding hydrogens is 404 g/mol. The minimum Gasteiger partial charge on any atom is -0.481 e. The number of carboxylic acids is 1. The number of hydrogen-bond donors (Lipinski definition) is 2. The zero-order valence-corrected chi connectivity index (χ0v) is 16.8. The molecule has 0 spiro atoms. The van der Waals surface area contributed by atoms with E-state index >= 15 is 0 Å². The SMILES string of the molecule is COC(=O)C1(CC(=O)O)[C@@H](c2ccccc2)ONC(=O)N1C(=O)CCc1ccccc1. The van der Waals surface area contributed by atoms with Crippen molar-refractivity contribution in [2.75, 3.05) is 7.11 Å². The molecule has 0 aromatic heterocycles. The van der Waals surface area contributed by atoms with Crippen LogP contribution in [0.25, 0.3) is 0 Å². The van der Waals surface area contributed by atoms with Crippen molar-refractivity contribution in [2.24, 2.45) is 0 Å². The molecule has 0 bridgehead atoms. The number of carboxylic acid groups (broad SMARTS) is 1. The molecule has 162 valence electrons. The first kappa shape index (κ1) is 22.0. The number of esters is 1. The molecule has 2 N–H and O–H groups in total. The molecule has 1 unspecified atom stereocenters. The van der Waals surface area contributed by atoms with Gasteiger partial charge in [0.1, 0.15) is 6.10 Å². The molecule has 2 atom stereocenters. The maximum Gasteiger partial charge on any atom is 0.349 e. The van der Waals surface area contributed by atoms with Gasteiger partial charge in [-0.3, -0.25) is 14.4 Å². The van der Waals surface area contributed by atoms with Gasteiger partial charge in [0.05, 0.1) is 13.5 Å². The minimum atomic E-state index is -2.22. The van der Waals surface area contributed by atoms with Gasteiger partial charge in [0.15, 0.2) is 5.54 Å². The third-order valence-corrected chi connectivity index (χ3v) is 5.08. The number of imide groups is 1. The van der Waals surface area contributed by atoms with Crippen molar-refractivity contribution >= 4 is 23.9 Å². The Hall–Kier alpha value is -3.72. The second-order valence-electron chi connectivity index (χ2n) is 7.02. The lowest BCUT2D eigenvalue weighted by Crippen LogP contribution is -2.70. The number of rotatable bonds is 7. The van der Waals surface area contributed by atoms with Crippen molar-refractivity contribution in [3.63, 3.8) is 0 Å². The molecule has 2 aromatic rings. The highest BCUT2D eigenvalue weighted by atomic mass is 16.7. The number of benzene rings is 2. The summed E-state index contributed by atoms with van der Waals surface area (Å²) in [5.74, 6) is -3.19. The Morgan fingerprint density at radius 2 is 1.71 bits per heavy atom. The summed E-state index contributed by atoms with van der Waals surface area (Å²) >= 11 is 0.